The molecular formula is C20H20N4O3S. The largest absolute Gasteiger partial charge is 0.360 e. The minimum absolute atomic E-state index is 0.102. The number of hydrogen-bond donors (Lipinski definition) is 0. The predicted octanol–water partition coefficient (Wildman–Crippen LogP) is 3.20. The van der Waals surface area contributed by atoms with Gasteiger partial charge in [0.1, 0.15) is 10.6 Å². The Morgan fingerprint density at radius 3 is 2.64 bits per heavy atom. The molecule has 2 bridgehead atoms. The summed E-state index contributed by atoms with van der Waals surface area (Å²) in [4.78, 5) is 9.49. The summed E-state index contributed by atoms with van der Waals surface area (Å²) in [5.41, 5.74) is 3.22. The van der Waals surface area contributed by atoms with Crippen LogP contribution in [0.5, 0.6) is 0 Å². The van der Waals surface area contributed by atoms with Crippen molar-refractivity contribution in [3.63, 3.8) is 0 Å². The summed E-state index contributed by atoms with van der Waals surface area (Å²) in [6.07, 6.45) is 3.97. The number of nitrogens with zero attached hydrogens (tertiary/aromatic N) is 4. The fourth-order valence-electron chi connectivity index (χ4n) is 4.47. The molecule has 144 valence electrons. The minimum atomic E-state index is -3.70. The highest BCUT2D eigenvalue weighted by atomic mass is 32.2. The van der Waals surface area contributed by atoms with E-state index in [2.05, 4.69) is 10.1 Å². The first-order valence-corrected chi connectivity index (χ1v) is 10.8. The van der Waals surface area contributed by atoms with Crippen LogP contribution in [0.15, 0.2) is 45.9 Å². The molecule has 3 aromatic rings. The van der Waals surface area contributed by atoms with Gasteiger partial charge in [-0.1, -0.05) is 35.5 Å². The van der Waals surface area contributed by atoms with E-state index in [1.54, 1.807) is 24.3 Å². The zero-order chi connectivity index (χ0) is 19.5. The van der Waals surface area contributed by atoms with Crippen molar-refractivity contribution in [1.29, 1.82) is 0 Å². The quantitative estimate of drug-likeness (QED) is 0.675. The molecule has 0 amide bonds. The van der Waals surface area contributed by atoms with Gasteiger partial charge in [0.2, 0.25) is 10.0 Å². The Balaban J connectivity index is 1.57. The van der Waals surface area contributed by atoms with Crippen LogP contribution in [0, 0.1) is 13.8 Å². The van der Waals surface area contributed by atoms with Crippen LogP contribution in [-0.4, -0.2) is 33.9 Å². The van der Waals surface area contributed by atoms with E-state index in [1.807, 2.05) is 30.3 Å². The monoisotopic (exact) mass is 396 g/mol. The average molecular weight is 396 g/mol. The molecule has 4 heterocycles. The highest BCUT2D eigenvalue weighted by molar-refractivity contribution is 7.89. The molecule has 5 rings (SSSR count). The van der Waals surface area contributed by atoms with E-state index in [4.69, 9.17) is 9.51 Å². The third kappa shape index (κ3) is 2.51. The van der Waals surface area contributed by atoms with E-state index in [-0.39, 0.29) is 17.0 Å². The van der Waals surface area contributed by atoms with Crippen molar-refractivity contribution in [3.05, 3.63) is 59.2 Å². The summed E-state index contributed by atoms with van der Waals surface area (Å²) in [6.45, 7) is 3.31. The van der Waals surface area contributed by atoms with Gasteiger partial charge in [0.25, 0.3) is 0 Å². The van der Waals surface area contributed by atoms with Gasteiger partial charge in [-0.2, -0.15) is 4.31 Å². The van der Waals surface area contributed by atoms with E-state index in [0.717, 1.165) is 29.7 Å². The maximum Gasteiger partial charge on any atom is 0.249 e. The third-order valence-corrected chi connectivity index (χ3v) is 7.87. The number of rotatable bonds is 3. The van der Waals surface area contributed by atoms with Crippen LogP contribution in [0.3, 0.4) is 0 Å². The van der Waals surface area contributed by atoms with E-state index in [0.29, 0.717) is 23.7 Å². The van der Waals surface area contributed by atoms with Crippen LogP contribution < -0.4 is 0 Å². The van der Waals surface area contributed by atoms with Gasteiger partial charge in [-0.25, -0.2) is 18.4 Å². The van der Waals surface area contributed by atoms with Gasteiger partial charge in [-0.05, 0) is 26.7 Å². The molecule has 0 spiro atoms. The Morgan fingerprint density at radius 1 is 1.14 bits per heavy atom. The van der Waals surface area contributed by atoms with Crippen LogP contribution in [0.25, 0.3) is 11.4 Å². The summed E-state index contributed by atoms with van der Waals surface area (Å²) in [7, 11) is -3.70. The van der Waals surface area contributed by atoms with Crippen molar-refractivity contribution in [2.24, 2.45) is 0 Å². The number of fused-ring (bicyclic) bond motifs is 4. The van der Waals surface area contributed by atoms with Crippen LogP contribution in [0.1, 0.15) is 41.6 Å². The molecule has 2 aliphatic rings. The van der Waals surface area contributed by atoms with Crippen molar-refractivity contribution in [2.75, 3.05) is 0 Å². The maximum absolute atomic E-state index is 13.4. The van der Waals surface area contributed by atoms with Crippen molar-refractivity contribution in [1.82, 2.24) is 19.4 Å². The molecule has 7 nitrogen and oxygen atoms in total. The lowest BCUT2D eigenvalue weighted by Crippen LogP contribution is -2.42. The second-order valence-corrected chi connectivity index (χ2v) is 9.18. The second-order valence-electron chi connectivity index (χ2n) is 7.40. The van der Waals surface area contributed by atoms with E-state index in [1.165, 1.54) is 0 Å². The summed E-state index contributed by atoms with van der Waals surface area (Å²) in [5, 5.41) is 3.83. The molecule has 1 aromatic carbocycles. The minimum Gasteiger partial charge on any atom is -0.360 e. The summed E-state index contributed by atoms with van der Waals surface area (Å²) < 4.78 is 33.6. The molecule has 8 heteroatoms. The first-order valence-electron chi connectivity index (χ1n) is 9.34. The molecule has 0 N–H and O–H groups in total. The lowest BCUT2D eigenvalue weighted by atomic mass is 10.0. The molecule has 0 aliphatic carbocycles. The van der Waals surface area contributed by atoms with Gasteiger partial charge in [-0.15, -0.1) is 0 Å². The van der Waals surface area contributed by atoms with Gasteiger partial charge >= 0.3 is 0 Å². The van der Waals surface area contributed by atoms with Gasteiger partial charge in [0.05, 0.1) is 11.7 Å². The Labute approximate surface area is 163 Å². The van der Waals surface area contributed by atoms with Crippen molar-refractivity contribution >= 4 is 10.0 Å². The lowest BCUT2D eigenvalue weighted by molar-refractivity contribution is 0.299. The standard InChI is InChI=1S/C20H20N4O3S/c1-12-19(13(2)27-23-12)28(25,26)24-15-8-9-18(24)16-11-21-20(22-17(16)10-15)14-6-4-3-5-7-14/h3-7,11,15,18H,8-10H2,1-2H3/t15-,18+/m0/s1. The van der Waals surface area contributed by atoms with Gasteiger partial charge < -0.3 is 4.52 Å². The highest BCUT2D eigenvalue weighted by Crippen LogP contribution is 2.46. The normalized spacial score (nSPS) is 21.6. The van der Waals surface area contributed by atoms with Gasteiger partial charge in [0.15, 0.2) is 11.6 Å². The summed E-state index contributed by atoms with van der Waals surface area (Å²) >= 11 is 0. The van der Waals surface area contributed by atoms with E-state index < -0.39 is 10.0 Å². The van der Waals surface area contributed by atoms with Crippen molar-refractivity contribution in [3.8, 4) is 11.4 Å². The number of benzene rings is 1. The Morgan fingerprint density at radius 2 is 1.93 bits per heavy atom. The Hall–Kier alpha value is -2.58. The van der Waals surface area contributed by atoms with Gasteiger partial charge in [-0.3, -0.25) is 0 Å². The second kappa shape index (κ2) is 6.22. The topological polar surface area (TPSA) is 89.2 Å². The van der Waals surface area contributed by atoms with Crippen molar-refractivity contribution < 1.29 is 12.9 Å². The maximum atomic E-state index is 13.4. The highest BCUT2D eigenvalue weighted by Gasteiger charge is 2.49. The summed E-state index contributed by atoms with van der Waals surface area (Å²) in [6, 6.07) is 9.49. The zero-order valence-electron chi connectivity index (χ0n) is 15.7. The van der Waals surface area contributed by atoms with Crippen LogP contribution in [0.2, 0.25) is 0 Å². The van der Waals surface area contributed by atoms with E-state index in [9.17, 15) is 8.42 Å². The third-order valence-electron chi connectivity index (χ3n) is 5.66. The molecule has 1 fully saturated rings. The molecule has 0 unspecified atom stereocenters. The van der Waals surface area contributed by atoms with Gasteiger partial charge in [0, 0.05) is 29.8 Å². The Bertz CT molecular complexity index is 1140. The Kier molecular flexibility index (Phi) is 3.89. The molecule has 1 saturated heterocycles. The fourth-order valence-corrected chi connectivity index (χ4v) is 6.62. The van der Waals surface area contributed by atoms with Crippen LogP contribution in [-0.2, 0) is 16.4 Å². The smallest absolute Gasteiger partial charge is 0.249 e. The van der Waals surface area contributed by atoms with Crippen molar-refractivity contribution in [2.45, 2.75) is 50.1 Å². The van der Waals surface area contributed by atoms with Crippen LogP contribution in [0.4, 0.5) is 0 Å². The molecule has 2 aromatic heterocycles. The number of aryl methyl sites for hydroxylation is 2. The first kappa shape index (κ1) is 17.5. The number of hydrogen-bond acceptors (Lipinski definition) is 6. The molecule has 0 saturated carbocycles. The number of aromatic nitrogens is 3. The average Bonchev–Trinajstić information content (AvgIpc) is 3.21. The molecule has 2 aliphatic heterocycles. The predicted molar refractivity (Wildman–Crippen MR) is 102 cm³/mol. The first-order chi connectivity index (χ1) is 13.5. The van der Waals surface area contributed by atoms with Crippen LogP contribution >= 0.6 is 0 Å². The molecule has 28 heavy (non-hydrogen) atoms. The zero-order valence-corrected chi connectivity index (χ0v) is 16.5. The summed E-state index contributed by atoms with van der Waals surface area (Å²) in [5.74, 6) is 1.01. The van der Waals surface area contributed by atoms with E-state index >= 15 is 0 Å². The number of sulfonamides is 1. The molecule has 0 radical (unpaired) electrons. The molecule has 2 atom stereocenters. The SMILES string of the molecule is Cc1noc(C)c1S(=O)(=O)N1[C@H]2CC[C@@H]1c1cnc(-c3ccccc3)nc1C2. The lowest BCUT2D eigenvalue weighted by Gasteiger charge is -2.34. The fraction of sp³-hybridized carbons (Fsp3) is 0.350. The molecular weight excluding hydrogens is 376 g/mol.